The highest BCUT2D eigenvalue weighted by molar-refractivity contribution is 7.09. The van der Waals surface area contributed by atoms with Gasteiger partial charge in [-0.1, -0.05) is 0 Å². The highest BCUT2D eigenvalue weighted by atomic mass is 32.1. The summed E-state index contributed by atoms with van der Waals surface area (Å²) < 4.78 is 0. The van der Waals surface area contributed by atoms with Gasteiger partial charge in [0.15, 0.2) is 0 Å². The number of anilines is 2. The van der Waals surface area contributed by atoms with Crippen LogP contribution in [0, 0.1) is 6.92 Å². The summed E-state index contributed by atoms with van der Waals surface area (Å²) in [6.45, 7) is 2.48. The van der Waals surface area contributed by atoms with Crippen LogP contribution in [-0.4, -0.2) is 27.8 Å². The Bertz CT molecular complexity index is 815. The molecule has 3 rings (SSSR count). The third kappa shape index (κ3) is 3.97. The summed E-state index contributed by atoms with van der Waals surface area (Å²) in [6, 6.07) is 11.2. The lowest BCUT2D eigenvalue weighted by Gasteiger charge is -2.16. The van der Waals surface area contributed by atoms with E-state index in [1.165, 1.54) is 0 Å². The first-order valence-electron chi connectivity index (χ1n) is 7.55. The van der Waals surface area contributed by atoms with Crippen molar-refractivity contribution < 1.29 is 4.79 Å². The molecule has 1 aromatic carbocycles. The number of thiazole rings is 1. The fourth-order valence-electron chi connectivity index (χ4n) is 2.27. The summed E-state index contributed by atoms with van der Waals surface area (Å²) in [5.74, 6) is -0.0154. The van der Waals surface area contributed by atoms with Crippen LogP contribution >= 0.6 is 11.3 Å². The van der Waals surface area contributed by atoms with Crippen LogP contribution in [0.5, 0.6) is 0 Å². The van der Waals surface area contributed by atoms with Crippen LogP contribution in [0.4, 0.5) is 11.4 Å². The third-order valence-electron chi connectivity index (χ3n) is 3.49. The molecule has 0 aliphatic carbocycles. The first-order chi connectivity index (χ1) is 11.6. The Morgan fingerprint density at radius 1 is 1.12 bits per heavy atom. The molecule has 0 saturated carbocycles. The highest BCUT2D eigenvalue weighted by Crippen LogP contribution is 2.18. The average molecular weight is 338 g/mol. The Kier molecular flexibility index (Phi) is 4.86. The van der Waals surface area contributed by atoms with E-state index >= 15 is 0 Å². The van der Waals surface area contributed by atoms with E-state index in [-0.39, 0.29) is 5.91 Å². The Morgan fingerprint density at radius 2 is 1.79 bits per heavy atom. The number of carbonyl (C=O) groups excluding carboxylic acids is 1. The summed E-state index contributed by atoms with van der Waals surface area (Å²) in [6.07, 6.45) is 3.46. The van der Waals surface area contributed by atoms with Gasteiger partial charge in [0.25, 0.3) is 5.91 Å². The minimum atomic E-state index is -0.0154. The first kappa shape index (κ1) is 16.1. The minimum Gasteiger partial charge on any atom is -0.355 e. The van der Waals surface area contributed by atoms with Crippen molar-refractivity contribution in [1.29, 1.82) is 0 Å². The summed E-state index contributed by atoms with van der Waals surface area (Å²) in [5, 5.41) is 6.21. The zero-order valence-electron chi connectivity index (χ0n) is 13.6. The topological polar surface area (TPSA) is 58.1 Å². The van der Waals surface area contributed by atoms with Crippen molar-refractivity contribution in [3.63, 3.8) is 0 Å². The Labute approximate surface area is 145 Å². The molecule has 0 unspecified atom stereocenters. The summed E-state index contributed by atoms with van der Waals surface area (Å²) >= 11 is 1.57. The molecule has 0 radical (unpaired) electrons. The summed E-state index contributed by atoms with van der Waals surface area (Å²) in [5.41, 5.74) is 3.53. The molecule has 3 aromatic rings. The molecule has 6 heteroatoms. The van der Waals surface area contributed by atoms with E-state index in [4.69, 9.17) is 0 Å². The van der Waals surface area contributed by atoms with E-state index in [1.54, 1.807) is 35.7 Å². The molecular weight excluding hydrogens is 320 g/mol. The summed E-state index contributed by atoms with van der Waals surface area (Å²) in [7, 11) is 1.79. The zero-order chi connectivity index (χ0) is 16.9. The van der Waals surface area contributed by atoms with Crippen LogP contribution in [0.2, 0.25) is 0 Å². The second-order valence-corrected chi connectivity index (χ2v) is 6.42. The number of aryl methyl sites for hydroxylation is 1. The molecule has 2 heterocycles. The van der Waals surface area contributed by atoms with Crippen molar-refractivity contribution in [3.8, 4) is 0 Å². The number of aromatic nitrogens is 2. The molecular formula is C18H18N4OS. The molecule has 0 aliphatic rings. The van der Waals surface area contributed by atoms with E-state index in [1.807, 2.05) is 48.7 Å². The number of nitrogens with one attached hydrogen (secondary N) is 1. The van der Waals surface area contributed by atoms with E-state index in [2.05, 4.69) is 15.3 Å². The van der Waals surface area contributed by atoms with Gasteiger partial charge in [-0.05, 0) is 43.3 Å². The zero-order valence-corrected chi connectivity index (χ0v) is 14.4. The van der Waals surface area contributed by atoms with Crippen molar-refractivity contribution in [2.45, 2.75) is 13.5 Å². The van der Waals surface area contributed by atoms with Gasteiger partial charge in [0, 0.05) is 47.5 Å². The normalized spacial score (nSPS) is 10.4. The second kappa shape index (κ2) is 7.23. The molecule has 1 amide bonds. The quantitative estimate of drug-likeness (QED) is 0.767. The smallest absolute Gasteiger partial charge is 0.253 e. The van der Waals surface area contributed by atoms with Crippen LogP contribution in [0.15, 0.2) is 54.2 Å². The number of benzene rings is 1. The van der Waals surface area contributed by atoms with Gasteiger partial charge in [0.05, 0.1) is 6.54 Å². The van der Waals surface area contributed by atoms with Crippen LogP contribution in [0.1, 0.15) is 21.1 Å². The predicted octanol–water partition coefficient (Wildman–Crippen LogP) is 3.86. The number of carbonyl (C=O) groups is 1. The molecule has 2 aromatic heterocycles. The van der Waals surface area contributed by atoms with Gasteiger partial charge in [-0.15, -0.1) is 11.3 Å². The van der Waals surface area contributed by atoms with E-state index in [0.29, 0.717) is 12.1 Å². The SMILES string of the molecule is Cc1csc(CN(C)C(=O)c2ccc(Nc3ccncc3)cc2)n1. The number of rotatable bonds is 5. The van der Waals surface area contributed by atoms with Gasteiger partial charge in [-0.2, -0.15) is 0 Å². The fourth-order valence-corrected chi connectivity index (χ4v) is 3.09. The molecule has 0 bridgehead atoms. The van der Waals surface area contributed by atoms with Gasteiger partial charge < -0.3 is 10.2 Å². The van der Waals surface area contributed by atoms with Gasteiger partial charge in [0.1, 0.15) is 5.01 Å². The molecule has 122 valence electrons. The maximum Gasteiger partial charge on any atom is 0.253 e. The molecule has 0 aliphatic heterocycles. The van der Waals surface area contributed by atoms with E-state index in [0.717, 1.165) is 22.1 Å². The Morgan fingerprint density at radius 3 is 2.42 bits per heavy atom. The maximum atomic E-state index is 12.5. The predicted molar refractivity (Wildman–Crippen MR) is 96.6 cm³/mol. The van der Waals surface area contributed by atoms with Gasteiger partial charge in [-0.3, -0.25) is 9.78 Å². The van der Waals surface area contributed by atoms with E-state index in [9.17, 15) is 4.79 Å². The maximum absolute atomic E-state index is 12.5. The molecule has 1 N–H and O–H groups in total. The van der Waals surface area contributed by atoms with Crippen LogP contribution in [-0.2, 0) is 6.54 Å². The number of hydrogen-bond donors (Lipinski definition) is 1. The largest absolute Gasteiger partial charge is 0.355 e. The molecule has 0 spiro atoms. The third-order valence-corrected chi connectivity index (χ3v) is 4.44. The first-order valence-corrected chi connectivity index (χ1v) is 8.43. The molecule has 24 heavy (non-hydrogen) atoms. The Balaban J connectivity index is 1.65. The van der Waals surface area contributed by atoms with Crippen molar-refractivity contribution >= 4 is 28.6 Å². The van der Waals surface area contributed by atoms with Gasteiger partial charge in [0.2, 0.25) is 0 Å². The highest BCUT2D eigenvalue weighted by Gasteiger charge is 2.13. The van der Waals surface area contributed by atoms with Crippen LogP contribution in [0.25, 0.3) is 0 Å². The minimum absolute atomic E-state index is 0.0154. The number of amides is 1. The Hall–Kier alpha value is -2.73. The molecule has 0 saturated heterocycles. The number of nitrogens with zero attached hydrogens (tertiary/aromatic N) is 3. The lowest BCUT2D eigenvalue weighted by molar-refractivity contribution is 0.0785. The van der Waals surface area contributed by atoms with Crippen molar-refractivity contribution in [1.82, 2.24) is 14.9 Å². The lowest BCUT2D eigenvalue weighted by Crippen LogP contribution is -2.26. The summed E-state index contributed by atoms with van der Waals surface area (Å²) in [4.78, 5) is 22.6. The molecule has 5 nitrogen and oxygen atoms in total. The van der Waals surface area contributed by atoms with Crippen molar-refractivity contribution in [2.24, 2.45) is 0 Å². The fraction of sp³-hybridized carbons (Fsp3) is 0.167. The van der Waals surface area contributed by atoms with Gasteiger partial charge >= 0.3 is 0 Å². The lowest BCUT2D eigenvalue weighted by atomic mass is 10.2. The van der Waals surface area contributed by atoms with E-state index < -0.39 is 0 Å². The van der Waals surface area contributed by atoms with Crippen molar-refractivity contribution in [2.75, 3.05) is 12.4 Å². The standard InChI is InChI=1S/C18H18N4OS/c1-13-12-24-17(20-13)11-22(2)18(23)14-3-5-15(6-4-14)21-16-7-9-19-10-8-16/h3-10,12H,11H2,1-2H3,(H,19,21). The monoisotopic (exact) mass is 338 g/mol. The van der Waals surface area contributed by atoms with Crippen LogP contribution in [0.3, 0.4) is 0 Å². The van der Waals surface area contributed by atoms with Crippen LogP contribution < -0.4 is 5.32 Å². The molecule has 0 fully saturated rings. The number of pyridine rings is 1. The van der Waals surface area contributed by atoms with Crippen molar-refractivity contribution in [3.05, 3.63) is 70.4 Å². The second-order valence-electron chi connectivity index (χ2n) is 5.48. The molecule has 0 atom stereocenters. The van der Waals surface area contributed by atoms with Gasteiger partial charge in [-0.25, -0.2) is 4.98 Å². The average Bonchev–Trinajstić information content (AvgIpc) is 3.00. The number of hydrogen-bond acceptors (Lipinski definition) is 5.